The number of esters is 1. The van der Waals surface area contributed by atoms with Gasteiger partial charge in [0.05, 0.1) is 4.92 Å². The number of para-hydroxylation sites is 2. The van der Waals surface area contributed by atoms with E-state index in [0.29, 0.717) is 11.1 Å². The second-order valence-electron chi connectivity index (χ2n) is 5.56. The van der Waals surface area contributed by atoms with E-state index in [4.69, 9.17) is 4.74 Å². The van der Waals surface area contributed by atoms with Crippen molar-refractivity contribution >= 4 is 21.6 Å². The zero-order valence-electron chi connectivity index (χ0n) is 14.3. The van der Waals surface area contributed by atoms with E-state index in [1.807, 2.05) is 0 Å². The van der Waals surface area contributed by atoms with E-state index in [0.717, 1.165) is 0 Å². The van der Waals surface area contributed by atoms with Gasteiger partial charge in [0.15, 0.2) is 0 Å². The van der Waals surface area contributed by atoms with E-state index >= 15 is 0 Å². The minimum absolute atomic E-state index is 0. The molecule has 0 heterocycles. The third kappa shape index (κ3) is 4.03. The fourth-order valence-electron chi connectivity index (χ4n) is 2.63. The van der Waals surface area contributed by atoms with Crippen molar-refractivity contribution in [2.24, 2.45) is 0 Å². The van der Waals surface area contributed by atoms with E-state index in [-0.39, 0.29) is 21.3 Å². The van der Waals surface area contributed by atoms with Crippen LogP contribution in [0.15, 0.2) is 84.9 Å². The molecule has 3 rings (SSSR count). The lowest BCUT2D eigenvalue weighted by molar-refractivity contribution is -0.385. The summed E-state index contributed by atoms with van der Waals surface area (Å²) in [5.74, 6) is -1.25. The number of carbonyl (C=O) groups is 1. The van der Waals surface area contributed by atoms with Crippen molar-refractivity contribution in [3.05, 3.63) is 106 Å². The molecule has 0 aliphatic rings. The predicted octanol–water partition coefficient (Wildman–Crippen LogP) is 3.49. The quantitative estimate of drug-likeness (QED) is 0.239. The van der Waals surface area contributed by atoms with Crippen LogP contribution in [0.4, 0.5) is 5.69 Å². The molecule has 0 aromatic heterocycles. The summed E-state index contributed by atoms with van der Waals surface area (Å²) in [5.41, 5.74) is -1.86. The highest BCUT2D eigenvalue weighted by Crippen LogP contribution is 2.34. The van der Waals surface area contributed by atoms with Crippen LogP contribution in [0.2, 0.25) is 0 Å². The summed E-state index contributed by atoms with van der Waals surface area (Å²) >= 11 is 0. The summed E-state index contributed by atoms with van der Waals surface area (Å²) in [5, 5.41) is 22.4. The Labute approximate surface area is 159 Å². The third-order valence-electron chi connectivity index (χ3n) is 3.94. The molecule has 3 aromatic rings. The summed E-state index contributed by atoms with van der Waals surface area (Å²) in [6, 6.07) is 22.1. The van der Waals surface area contributed by atoms with Gasteiger partial charge < -0.3 is 9.84 Å². The first-order valence-corrected chi connectivity index (χ1v) is 7.82. The molecular weight excluding hydrogens is 365 g/mol. The zero-order valence-corrected chi connectivity index (χ0v) is 15.7. The molecule has 0 aliphatic carbocycles. The molecule has 1 N–H and O–H groups in total. The lowest BCUT2D eigenvalue weighted by Crippen LogP contribution is -2.40. The van der Waals surface area contributed by atoms with Crippen LogP contribution in [0, 0.1) is 10.1 Å². The van der Waals surface area contributed by atoms with Crippen LogP contribution in [-0.2, 0) is 10.4 Å². The van der Waals surface area contributed by atoms with Crippen LogP contribution in [-0.4, -0.2) is 16.0 Å². The van der Waals surface area contributed by atoms with Gasteiger partial charge in [-0.15, -0.1) is 0 Å². The molecule has 0 saturated heterocycles. The van der Waals surface area contributed by atoms with Gasteiger partial charge in [-0.1, -0.05) is 72.8 Å². The molecule has 1 atom stereocenters. The van der Waals surface area contributed by atoms with Crippen molar-refractivity contribution in [3.63, 3.8) is 0 Å². The number of nitro groups is 1. The first kappa shape index (κ1) is 20.2. The molecular formula is C20H18NO5P. The molecule has 0 amide bonds. The Morgan fingerprint density at radius 1 is 0.852 bits per heavy atom. The maximum absolute atomic E-state index is 12.9. The van der Waals surface area contributed by atoms with Gasteiger partial charge in [0.2, 0.25) is 11.4 Å². The first-order chi connectivity index (χ1) is 12.5. The monoisotopic (exact) mass is 383 g/mol. The number of hydrogen-bond donors (Lipinski definition) is 1. The predicted molar refractivity (Wildman–Crippen MR) is 106 cm³/mol. The standard InChI is InChI=1S/C20H15NO5.H3P/c22-19(26-18-14-8-7-13-17(18)21(24)25)20(23,15-9-3-1-4-10-15)16-11-5-2-6-12-16;/h1-14,23H;1H3. The van der Waals surface area contributed by atoms with Gasteiger partial charge in [-0.25, -0.2) is 4.79 Å². The molecule has 27 heavy (non-hydrogen) atoms. The van der Waals surface area contributed by atoms with Gasteiger partial charge in [0, 0.05) is 6.07 Å². The average Bonchev–Trinajstić information content (AvgIpc) is 2.69. The van der Waals surface area contributed by atoms with E-state index in [2.05, 4.69) is 0 Å². The van der Waals surface area contributed by atoms with E-state index in [1.54, 1.807) is 60.7 Å². The van der Waals surface area contributed by atoms with Gasteiger partial charge in [-0.05, 0) is 17.2 Å². The number of nitrogens with zero attached hydrogens (tertiary/aromatic N) is 1. The number of carbonyl (C=O) groups excluding carboxylic acids is 1. The molecule has 0 spiro atoms. The van der Waals surface area contributed by atoms with Crippen molar-refractivity contribution in [2.75, 3.05) is 0 Å². The zero-order chi connectivity index (χ0) is 18.6. The molecule has 0 bridgehead atoms. The molecule has 6 nitrogen and oxygen atoms in total. The molecule has 1 unspecified atom stereocenters. The minimum Gasteiger partial charge on any atom is -0.416 e. The second kappa shape index (κ2) is 8.54. The highest BCUT2D eigenvalue weighted by Gasteiger charge is 2.42. The Kier molecular flexibility index (Phi) is 6.40. The van der Waals surface area contributed by atoms with Crippen molar-refractivity contribution in [2.45, 2.75) is 5.60 Å². The van der Waals surface area contributed by atoms with Crippen LogP contribution in [0.5, 0.6) is 5.75 Å². The van der Waals surface area contributed by atoms with Gasteiger partial charge in [0.25, 0.3) is 0 Å². The smallest absolute Gasteiger partial charge is 0.353 e. The SMILES string of the molecule is O=C(Oc1ccccc1[N+](=O)[O-])C(O)(c1ccccc1)c1ccccc1.P. The first-order valence-electron chi connectivity index (χ1n) is 7.82. The topological polar surface area (TPSA) is 89.7 Å². The minimum atomic E-state index is -2.10. The Bertz CT molecular complexity index is 892. The molecule has 7 heteroatoms. The molecule has 0 aliphatic heterocycles. The largest absolute Gasteiger partial charge is 0.416 e. The summed E-state index contributed by atoms with van der Waals surface area (Å²) in [4.78, 5) is 23.4. The fraction of sp³-hybridized carbons (Fsp3) is 0.0500. The van der Waals surface area contributed by atoms with Crippen LogP contribution < -0.4 is 4.74 Å². The molecule has 138 valence electrons. The maximum Gasteiger partial charge on any atom is 0.353 e. The van der Waals surface area contributed by atoms with Crippen LogP contribution in [0.25, 0.3) is 0 Å². The highest BCUT2D eigenvalue weighted by molar-refractivity contribution is 6.92. The molecule has 0 radical (unpaired) electrons. The van der Waals surface area contributed by atoms with Crippen molar-refractivity contribution in [3.8, 4) is 5.75 Å². The number of ether oxygens (including phenoxy) is 1. The van der Waals surface area contributed by atoms with Crippen molar-refractivity contribution < 1.29 is 19.6 Å². The van der Waals surface area contributed by atoms with E-state index in [9.17, 15) is 20.0 Å². The molecule has 0 fully saturated rings. The highest BCUT2D eigenvalue weighted by atomic mass is 31.0. The van der Waals surface area contributed by atoms with E-state index < -0.39 is 16.5 Å². The summed E-state index contributed by atoms with van der Waals surface area (Å²) < 4.78 is 5.25. The summed E-state index contributed by atoms with van der Waals surface area (Å²) in [6.45, 7) is 0. The maximum atomic E-state index is 12.9. The van der Waals surface area contributed by atoms with Crippen molar-refractivity contribution in [1.82, 2.24) is 0 Å². The van der Waals surface area contributed by atoms with Gasteiger partial charge in [-0.3, -0.25) is 10.1 Å². The van der Waals surface area contributed by atoms with E-state index in [1.165, 1.54) is 24.3 Å². The lowest BCUT2D eigenvalue weighted by atomic mass is 9.86. The number of nitro benzene ring substituents is 1. The average molecular weight is 383 g/mol. The number of aliphatic hydroxyl groups is 1. The van der Waals surface area contributed by atoms with Crippen LogP contribution in [0.1, 0.15) is 11.1 Å². The third-order valence-corrected chi connectivity index (χ3v) is 3.94. The van der Waals surface area contributed by atoms with Crippen molar-refractivity contribution in [1.29, 1.82) is 0 Å². The summed E-state index contributed by atoms with van der Waals surface area (Å²) in [7, 11) is 0. The Hall–Kier alpha value is -3.08. The second-order valence-corrected chi connectivity index (χ2v) is 5.56. The van der Waals surface area contributed by atoms with Gasteiger partial charge in [-0.2, -0.15) is 9.90 Å². The van der Waals surface area contributed by atoms with Gasteiger partial charge in [0.1, 0.15) is 0 Å². The van der Waals surface area contributed by atoms with Gasteiger partial charge >= 0.3 is 11.7 Å². The Balaban J connectivity index is 0.00000261. The summed E-state index contributed by atoms with van der Waals surface area (Å²) in [6.07, 6.45) is 0. The Morgan fingerprint density at radius 3 is 1.78 bits per heavy atom. The molecule has 3 aromatic carbocycles. The number of benzene rings is 3. The van der Waals surface area contributed by atoms with Crippen LogP contribution in [0.3, 0.4) is 0 Å². The normalized spacial score (nSPS) is 10.6. The number of rotatable bonds is 5. The van der Waals surface area contributed by atoms with Crippen LogP contribution >= 0.6 is 9.90 Å². The fourth-order valence-corrected chi connectivity index (χ4v) is 2.63. The number of hydrogen-bond acceptors (Lipinski definition) is 5. The Morgan fingerprint density at radius 2 is 1.30 bits per heavy atom. The lowest BCUT2D eigenvalue weighted by Gasteiger charge is -2.26. The molecule has 0 saturated carbocycles.